The van der Waals surface area contributed by atoms with Crippen LogP contribution in [0.25, 0.3) is 0 Å². The van der Waals surface area contributed by atoms with Crippen LogP contribution >= 0.6 is 0 Å². The van der Waals surface area contributed by atoms with Crippen LogP contribution in [0.15, 0.2) is 30.3 Å². The molecule has 3 aliphatic rings. The van der Waals surface area contributed by atoms with Crippen LogP contribution in [0.2, 0.25) is 0 Å². The highest BCUT2D eigenvalue weighted by Crippen LogP contribution is 2.35. The van der Waals surface area contributed by atoms with Crippen LogP contribution in [-0.4, -0.2) is 42.5 Å². The quantitative estimate of drug-likeness (QED) is 0.710. The molecular formula is C26H39N3O2. The second kappa shape index (κ2) is 11.0. The van der Waals surface area contributed by atoms with Crippen molar-refractivity contribution in [3.8, 4) is 0 Å². The van der Waals surface area contributed by atoms with Crippen molar-refractivity contribution < 1.29 is 9.59 Å². The van der Waals surface area contributed by atoms with Crippen molar-refractivity contribution in [2.45, 2.75) is 82.6 Å². The van der Waals surface area contributed by atoms with Gasteiger partial charge >= 0.3 is 6.03 Å². The molecule has 0 atom stereocenters. The number of urea groups is 1. The van der Waals surface area contributed by atoms with E-state index in [0.29, 0.717) is 17.7 Å². The van der Waals surface area contributed by atoms with Crippen LogP contribution in [0.5, 0.6) is 0 Å². The molecule has 170 valence electrons. The molecule has 1 aliphatic heterocycles. The Morgan fingerprint density at radius 1 is 0.839 bits per heavy atom. The molecule has 5 nitrogen and oxygen atoms in total. The van der Waals surface area contributed by atoms with Crippen molar-refractivity contribution in [3.63, 3.8) is 0 Å². The summed E-state index contributed by atoms with van der Waals surface area (Å²) in [6.45, 7) is 2.33. The summed E-state index contributed by atoms with van der Waals surface area (Å²) in [5.41, 5.74) is 1.46. The molecule has 5 heteroatoms. The summed E-state index contributed by atoms with van der Waals surface area (Å²) in [6, 6.07) is 11.0. The normalized spacial score (nSPS) is 25.7. The molecule has 1 aromatic rings. The van der Waals surface area contributed by atoms with Crippen LogP contribution in [-0.2, 0) is 4.79 Å². The summed E-state index contributed by atoms with van der Waals surface area (Å²) in [6.07, 6.45) is 12.3. The zero-order valence-corrected chi connectivity index (χ0v) is 18.9. The molecule has 2 aliphatic carbocycles. The lowest BCUT2D eigenvalue weighted by molar-refractivity contribution is -0.137. The van der Waals surface area contributed by atoms with E-state index in [-0.39, 0.29) is 18.0 Å². The second-order valence-electron chi connectivity index (χ2n) is 9.92. The van der Waals surface area contributed by atoms with Gasteiger partial charge in [0.05, 0.1) is 0 Å². The summed E-state index contributed by atoms with van der Waals surface area (Å²) in [7, 11) is 0. The number of carbonyl (C=O) groups is 2. The summed E-state index contributed by atoms with van der Waals surface area (Å²) in [5, 5.41) is 6.25. The standard InChI is InChI=1S/C26H39N3O2/c30-25(23-9-5-2-6-10-23)29-17-15-24(16-18-29)28-26(31)27-19-20-11-13-22(14-12-20)21-7-3-1-4-8-21/h1,3-4,7-8,20,22-24H,2,5-6,9-19H2,(H2,27,28,31). The Morgan fingerprint density at radius 2 is 1.52 bits per heavy atom. The lowest BCUT2D eigenvalue weighted by atomic mass is 9.79. The Hall–Kier alpha value is -2.04. The minimum Gasteiger partial charge on any atom is -0.342 e. The van der Waals surface area contributed by atoms with Gasteiger partial charge in [-0.1, -0.05) is 49.6 Å². The fourth-order valence-corrected chi connectivity index (χ4v) is 5.75. The van der Waals surface area contributed by atoms with Crippen LogP contribution in [0.4, 0.5) is 4.79 Å². The molecule has 3 fully saturated rings. The largest absolute Gasteiger partial charge is 0.342 e. The SMILES string of the molecule is O=C(NCC1CCC(c2ccccc2)CC1)NC1CCN(C(=O)C2CCCCC2)CC1. The third-order valence-electron chi connectivity index (χ3n) is 7.77. The molecule has 1 heterocycles. The maximum Gasteiger partial charge on any atom is 0.315 e. The molecule has 0 unspecified atom stereocenters. The number of hydrogen-bond donors (Lipinski definition) is 2. The van der Waals surface area contributed by atoms with E-state index in [0.717, 1.165) is 45.3 Å². The average Bonchev–Trinajstić information content (AvgIpc) is 2.84. The third-order valence-corrected chi connectivity index (χ3v) is 7.77. The smallest absolute Gasteiger partial charge is 0.315 e. The summed E-state index contributed by atoms with van der Waals surface area (Å²) in [4.78, 5) is 27.1. The second-order valence-corrected chi connectivity index (χ2v) is 9.92. The van der Waals surface area contributed by atoms with Crippen molar-refractivity contribution in [3.05, 3.63) is 35.9 Å². The van der Waals surface area contributed by atoms with Gasteiger partial charge < -0.3 is 15.5 Å². The number of hydrogen-bond acceptors (Lipinski definition) is 2. The molecule has 0 bridgehead atoms. The number of carbonyl (C=O) groups excluding carboxylic acids is 2. The molecule has 0 spiro atoms. The van der Waals surface area contributed by atoms with Gasteiger partial charge in [-0.25, -0.2) is 4.79 Å². The molecule has 4 rings (SSSR count). The van der Waals surface area contributed by atoms with Gasteiger partial charge in [-0.2, -0.15) is 0 Å². The average molecular weight is 426 g/mol. The maximum atomic E-state index is 12.7. The van der Waals surface area contributed by atoms with Crippen LogP contribution in [0.3, 0.4) is 0 Å². The van der Waals surface area contributed by atoms with E-state index in [1.807, 2.05) is 4.90 Å². The fraction of sp³-hybridized carbons (Fsp3) is 0.692. The zero-order valence-electron chi connectivity index (χ0n) is 18.9. The van der Waals surface area contributed by atoms with Gasteiger partial charge in [0.1, 0.15) is 0 Å². The molecule has 0 aromatic heterocycles. The van der Waals surface area contributed by atoms with Crippen molar-refractivity contribution in [2.24, 2.45) is 11.8 Å². The topological polar surface area (TPSA) is 61.4 Å². The minimum absolute atomic E-state index is 0.0396. The molecular weight excluding hydrogens is 386 g/mol. The number of amides is 3. The highest BCUT2D eigenvalue weighted by Gasteiger charge is 2.29. The van der Waals surface area contributed by atoms with Gasteiger partial charge in [-0.15, -0.1) is 0 Å². The van der Waals surface area contributed by atoms with E-state index in [9.17, 15) is 9.59 Å². The first-order valence-electron chi connectivity index (χ1n) is 12.6. The highest BCUT2D eigenvalue weighted by molar-refractivity contribution is 5.79. The van der Waals surface area contributed by atoms with Crippen molar-refractivity contribution in [1.82, 2.24) is 15.5 Å². The van der Waals surface area contributed by atoms with Gasteiger partial charge in [-0.05, 0) is 68.8 Å². The minimum atomic E-state index is -0.0396. The molecule has 2 N–H and O–H groups in total. The lowest BCUT2D eigenvalue weighted by Crippen LogP contribution is -2.50. The summed E-state index contributed by atoms with van der Waals surface area (Å²) < 4.78 is 0. The predicted molar refractivity (Wildman–Crippen MR) is 124 cm³/mol. The molecule has 31 heavy (non-hydrogen) atoms. The van der Waals surface area contributed by atoms with E-state index < -0.39 is 0 Å². The van der Waals surface area contributed by atoms with Gasteiger partial charge in [0.2, 0.25) is 5.91 Å². The molecule has 1 aromatic carbocycles. The van der Waals surface area contributed by atoms with E-state index >= 15 is 0 Å². The number of nitrogens with zero attached hydrogens (tertiary/aromatic N) is 1. The van der Waals surface area contributed by atoms with Crippen molar-refractivity contribution in [2.75, 3.05) is 19.6 Å². The number of piperidine rings is 1. The number of benzene rings is 1. The van der Waals surface area contributed by atoms with Crippen LogP contribution in [0.1, 0.15) is 82.1 Å². The fourth-order valence-electron chi connectivity index (χ4n) is 5.75. The van der Waals surface area contributed by atoms with E-state index in [2.05, 4.69) is 41.0 Å². The van der Waals surface area contributed by atoms with Crippen LogP contribution in [0, 0.1) is 11.8 Å². The van der Waals surface area contributed by atoms with Crippen molar-refractivity contribution in [1.29, 1.82) is 0 Å². The monoisotopic (exact) mass is 425 g/mol. The Bertz CT molecular complexity index is 701. The van der Waals surface area contributed by atoms with Crippen molar-refractivity contribution >= 4 is 11.9 Å². The zero-order chi connectivity index (χ0) is 21.5. The van der Waals surface area contributed by atoms with E-state index in [1.165, 1.54) is 50.5 Å². The van der Waals surface area contributed by atoms with Gasteiger partial charge in [-0.3, -0.25) is 4.79 Å². The summed E-state index contributed by atoms with van der Waals surface area (Å²) in [5.74, 6) is 1.86. The van der Waals surface area contributed by atoms with Gasteiger partial charge in [0, 0.05) is 31.6 Å². The van der Waals surface area contributed by atoms with E-state index in [4.69, 9.17) is 0 Å². The van der Waals surface area contributed by atoms with Crippen LogP contribution < -0.4 is 10.6 Å². The Labute approximate surface area is 187 Å². The first-order valence-corrected chi connectivity index (χ1v) is 12.6. The maximum absolute atomic E-state index is 12.7. The first kappa shape index (κ1) is 22.2. The third kappa shape index (κ3) is 6.24. The molecule has 3 amide bonds. The predicted octanol–water partition coefficient (Wildman–Crippen LogP) is 4.83. The highest BCUT2D eigenvalue weighted by atomic mass is 16.2. The number of rotatable bonds is 5. The molecule has 1 saturated heterocycles. The molecule has 0 radical (unpaired) electrons. The lowest BCUT2D eigenvalue weighted by Gasteiger charge is -2.35. The number of nitrogens with one attached hydrogen (secondary N) is 2. The number of likely N-dealkylation sites (tertiary alicyclic amines) is 1. The van der Waals surface area contributed by atoms with Gasteiger partial charge in [0.25, 0.3) is 0 Å². The Balaban J connectivity index is 1.11. The van der Waals surface area contributed by atoms with Gasteiger partial charge in [0.15, 0.2) is 0 Å². The molecule has 2 saturated carbocycles. The van der Waals surface area contributed by atoms with E-state index in [1.54, 1.807) is 0 Å². The first-order chi connectivity index (χ1) is 15.2. The summed E-state index contributed by atoms with van der Waals surface area (Å²) >= 11 is 0. The Morgan fingerprint density at radius 3 is 2.19 bits per heavy atom. The Kier molecular flexibility index (Phi) is 7.87.